The second-order valence-corrected chi connectivity index (χ2v) is 3.05. The molecule has 2 nitrogen and oxygen atoms in total. The number of hydrogen-bond donors (Lipinski definition) is 1. The molecule has 0 bridgehead atoms. The number of hydrogen-bond acceptors (Lipinski definition) is 1. The molecule has 11 heavy (non-hydrogen) atoms. The molecular formula is C9H16N2. The van der Waals surface area contributed by atoms with Gasteiger partial charge < -0.3 is 4.98 Å². The van der Waals surface area contributed by atoms with E-state index < -0.39 is 0 Å². The highest BCUT2D eigenvalue weighted by atomic mass is 14.9. The molecule has 1 unspecified atom stereocenters. The number of rotatable bonds is 4. The molecule has 1 aromatic rings. The molecule has 1 rings (SSSR count). The van der Waals surface area contributed by atoms with Gasteiger partial charge in [-0.1, -0.05) is 26.7 Å². The lowest BCUT2D eigenvalue weighted by molar-refractivity contribution is 0.614. The van der Waals surface area contributed by atoms with Crippen LogP contribution in [0, 0.1) is 0 Å². The summed E-state index contributed by atoms with van der Waals surface area (Å²) in [4.78, 5) is 7.13. The predicted molar refractivity (Wildman–Crippen MR) is 46.5 cm³/mol. The minimum Gasteiger partial charge on any atom is -0.348 e. The summed E-state index contributed by atoms with van der Waals surface area (Å²) in [5.74, 6) is 0.637. The summed E-state index contributed by atoms with van der Waals surface area (Å²) in [6.07, 6.45) is 7.51. The Morgan fingerprint density at radius 2 is 2.45 bits per heavy atom. The van der Waals surface area contributed by atoms with E-state index >= 15 is 0 Å². The van der Waals surface area contributed by atoms with Gasteiger partial charge in [0, 0.05) is 11.9 Å². The fourth-order valence-electron chi connectivity index (χ4n) is 1.20. The second-order valence-electron chi connectivity index (χ2n) is 3.05. The maximum Gasteiger partial charge on any atom is 0.0921 e. The van der Waals surface area contributed by atoms with Gasteiger partial charge in [-0.2, -0.15) is 0 Å². The second kappa shape index (κ2) is 4.16. The van der Waals surface area contributed by atoms with Crippen LogP contribution in [-0.2, 0) is 0 Å². The molecule has 0 fully saturated rings. The average Bonchev–Trinajstić information content (AvgIpc) is 2.52. The molecule has 2 heteroatoms. The van der Waals surface area contributed by atoms with Crippen molar-refractivity contribution in [3.05, 3.63) is 18.2 Å². The third-order valence-electron chi connectivity index (χ3n) is 2.04. The van der Waals surface area contributed by atoms with Crippen molar-refractivity contribution >= 4 is 0 Å². The summed E-state index contributed by atoms with van der Waals surface area (Å²) < 4.78 is 0. The van der Waals surface area contributed by atoms with Gasteiger partial charge in [-0.3, -0.25) is 0 Å². The minimum atomic E-state index is 0.637. The fraction of sp³-hybridized carbons (Fsp3) is 0.667. The highest BCUT2D eigenvalue weighted by Gasteiger charge is 2.04. The molecule has 1 aromatic heterocycles. The van der Waals surface area contributed by atoms with Gasteiger partial charge >= 0.3 is 0 Å². The minimum absolute atomic E-state index is 0.637. The van der Waals surface area contributed by atoms with E-state index in [1.54, 1.807) is 6.33 Å². The zero-order valence-electron chi connectivity index (χ0n) is 7.30. The Labute approximate surface area is 68.0 Å². The molecule has 62 valence electrons. The number of unbranched alkanes of at least 4 members (excludes halogenated alkanes) is 1. The van der Waals surface area contributed by atoms with Gasteiger partial charge in [-0.25, -0.2) is 4.98 Å². The number of nitrogens with zero attached hydrogens (tertiary/aromatic N) is 1. The first-order chi connectivity index (χ1) is 5.34. The van der Waals surface area contributed by atoms with Crippen molar-refractivity contribution in [2.45, 2.75) is 39.0 Å². The molecule has 0 aliphatic heterocycles. The third-order valence-corrected chi connectivity index (χ3v) is 2.04. The van der Waals surface area contributed by atoms with E-state index in [1.807, 2.05) is 6.20 Å². The van der Waals surface area contributed by atoms with Crippen LogP contribution in [0.2, 0.25) is 0 Å². The van der Waals surface area contributed by atoms with E-state index in [9.17, 15) is 0 Å². The molecule has 1 heterocycles. The SMILES string of the molecule is CCCCC(C)c1cnc[nH]1. The molecule has 0 spiro atoms. The van der Waals surface area contributed by atoms with Gasteiger partial charge in [-0.05, 0) is 12.3 Å². The van der Waals surface area contributed by atoms with Crippen LogP contribution >= 0.6 is 0 Å². The van der Waals surface area contributed by atoms with Crippen molar-refractivity contribution in [1.29, 1.82) is 0 Å². The first kappa shape index (κ1) is 8.31. The Morgan fingerprint density at radius 1 is 1.64 bits per heavy atom. The molecule has 1 atom stereocenters. The molecule has 1 N–H and O–H groups in total. The Bertz CT molecular complexity index is 179. The number of H-pyrrole nitrogens is 1. The molecule has 0 aromatic carbocycles. The molecule has 0 radical (unpaired) electrons. The Kier molecular flexibility index (Phi) is 3.14. The first-order valence-corrected chi connectivity index (χ1v) is 4.33. The van der Waals surface area contributed by atoms with Crippen molar-refractivity contribution in [3.8, 4) is 0 Å². The highest BCUT2D eigenvalue weighted by Crippen LogP contribution is 2.17. The number of imidazole rings is 1. The normalized spacial score (nSPS) is 13.3. The predicted octanol–water partition coefficient (Wildman–Crippen LogP) is 2.70. The van der Waals surface area contributed by atoms with E-state index in [0.717, 1.165) is 0 Å². The number of aromatic amines is 1. The summed E-state index contributed by atoms with van der Waals surface area (Å²) in [6, 6.07) is 0. The van der Waals surface area contributed by atoms with E-state index in [0.29, 0.717) is 5.92 Å². The quantitative estimate of drug-likeness (QED) is 0.706. The van der Waals surface area contributed by atoms with E-state index in [4.69, 9.17) is 0 Å². The van der Waals surface area contributed by atoms with Crippen LogP contribution in [0.15, 0.2) is 12.5 Å². The highest BCUT2D eigenvalue weighted by molar-refractivity contribution is 5.01. The summed E-state index contributed by atoms with van der Waals surface area (Å²) in [5.41, 5.74) is 1.26. The maximum absolute atomic E-state index is 4.00. The molecule has 0 saturated heterocycles. The van der Waals surface area contributed by atoms with Crippen LogP contribution in [0.4, 0.5) is 0 Å². The molecular weight excluding hydrogens is 136 g/mol. The number of aromatic nitrogens is 2. The third kappa shape index (κ3) is 2.37. The molecule has 0 saturated carbocycles. The van der Waals surface area contributed by atoms with Crippen LogP contribution in [0.5, 0.6) is 0 Å². The lowest BCUT2D eigenvalue weighted by atomic mass is 10.0. The van der Waals surface area contributed by atoms with Crippen molar-refractivity contribution in [1.82, 2.24) is 9.97 Å². The topological polar surface area (TPSA) is 28.7 Å². The molecule has 0 amide bonds. The lowest BCUT2D eigenvalue weighted by Crippen LogP contribution is -1.92. The van der Waals surface area contributed by atoms with Crippen molar-refractivity contribution < 1.29 is 0 Å². The first-order valence-electron chi connectivity index (χ1n) is 4.33. The van der Waals surface area contributed by atoms with Gasteiger partial charge in [-0.15, -0.1) is 0 Å². The Morgan fingerprint density at radius 3 is 3.00 bits per heavy atom. The smallest absolute Gasteiger partial charge is 0.0921 e. The average molecular weight is 152 g/mol. The summed E-state index contributed by atoms with van der Waals surface area (Å²) in [6.45, 7) is 4.46. The van der Waals surface area contributed by atoms with Gasteiger partial charge in [0.25, 0.3) is 0 Å². The Balaban J connectivity index is 2.36. The molecule has 0 aliphatic rings. The van der Waals surface area contributed by atoms with Gasteiger partial charge in [0.2, 0.25) is 0 Å². The fourth-order valence-corrected chi connectivity index (χ4v) is 1.20. The zero-order valence-corrected chi connectivity index (χ0v) is 7.30. The van der Waals surface area contributed by atoms with Crippen molar-refractivity contribution in [2.24, 2.45) is 0 Å². The van der Waals surface area contributed by atoms with E-state index in [1.165, 1.54) is 25.0 Å². The summed E-state index contributed by atoms with van der Waals surface area (Å²) in [7, 11) is 0. The zero-order chi connectivity index (χ0) is 8.10. The van der Waals surface area contributed by atoms with E-state index in [-0.39, 0.29) is 0 Å². The largest absolute Gasteiger partial charge is 0.348 e. The monoisotopic (exact) mass is 152 g/mol. The Hall–Kier alpha value is -0.790. The van der Waals surface area contributed by atoms with Crippen LogP contribution in [0.1, 0.15) is 44.7 Å². The summed E-state index contributed by atoms with van der Waals surface area (Å²) in [5, 5.41) is 0. The van der Waals surface area contributed by atoms with Crippen molar-refractivity contribution in [2.75, 3.05) is 0 Å². The molecule has 0 aliphatic carbocycles. The number of nitrogens with one attached hydrogen (secondary N) is 1. The van der Waals surface area contributed by atoms with Gasteiger partial charge in [0.15, 0.2) is 0 Å². The van der Waals surface area contributed by atoms with Crippen molar-refractivity contribution in [3.63, 3.8) is 0 Å². The lowest BCUT2D eigenvalue weighted by Gasteiger charge is -2.06. The van der Waals surface area contributed by atoms with Crippen LogP contribution in [0.25, 0.3) is 0 Å². The van der Waals surface area contributed by atoms with Gasteiger partial charge in [0.1, 0.15) is 0 Å². The standard InChI is InChI=1S/C9H16N2/c1-3-4-5-8(2)9-6-10-7-11-9/h6-8H,3-5H2,1-2H3,(H,10,11). The van der Waals surface area contributed by atoms with Crippen LogP contribution in [0.3, 0.4) is 0 Å². The van der Waals surface area contributed by atoms with Crippen LogP contribution in [-0.4, -0.2) is 9.97 Å². The van der Waals surface area contributed by atoms with Crippen LogP contribution < -0.4 is 0 Å². The summed E-state index contributed by atoms with van der Waals surface area (Å²) >= 11 is 0. The van der Waals surface area contributed by atoms with E-state index in [2.05, 4.69) is 23.8 Å². The maximum atomic E-state index is 4.00. The van der Waals surface area contributed by atoms with Gasteiger partial charge in [0.05, 0.1) is 6.33 Å².